The molecule has 1 amide bonds. The maximum Gasteiger partial charge on any atom is 0.573 e. The summed E-state index contributed by atoms with van der Waals surface area (Å²) >= 11 is 3.26. The van der Waals surface area contributed by atoms with Crippen molar-refractivity contribution in [3.63, 3.8) is 0 Å². The van der Waals surface area contributed by atoms with Crippen LogP contribution in [-0.2, 0) is 4.74 Å². The van der Waals surface area contributed by atoms with Gasteiger partial charge in [-0.1, -0.05) is 0 Å². The van der Waals surface area contributed by atoms with Gasteiger partial charge < -0.3 is 19.5 Å². The number of amides is 1. The second-order valence-electron chi connectivity index (χ2n) is 7.77. The van der Waals surface area contributed by atoms with E-state index in [1.54, 1.807) is 0 Å². The molecular weight excluding hydrogens is 457 g/mol. The van der Waals surface area contributed by atoms with Crippen LogP contribution in [0.1, 0.15) is 33.6 Å². The van der Waals surface area contributed by atoms with Gasteiger partial charge in [0.25, 0.3) is 0 Å². The molecule has 1 aromatic rings. The summed E-state index contributed by atoms with van der Waals surface area (Å²) in [7, 11) is 0. The molecule has 1 heterocycles. The maximum absolute atomic E-state index is 12.4. The van der Waals surface area contributed by atoms with Gasteiger partial charge in [0.15, 0.2) is 0 Å². The number of alkyl halides is 3. The Morgan fingerprint density at radius 3 is 2.69 bits per heavy atom. The molecule has 1 aromatic carbocycles. The zero-order valence-corrected chi connectivity index (χ0v) is 18.2. The highest BCUT2D eigenvalue weighted by molar-refractivity contribution is 9.10. The van der Waals surface area contributed by atoms with E-state index in [1.807, 2.05) is 20.8 Å². The van der Waals surface area contributed by atoms with Crippen molar-refractivity contribution in [2.75, 3.05) is 26.2 Å². The zero-order chi connectivity index (χ0) is 21.7. The number of nitrogens with zero attached hydrogens (tertiary/aromatic N) is 1. The minimum Gasteiger partial charge on any atom is -0.491 e. The third-order valence-corrected chi connectivity index (χ3v) is 4.68. The highest BCUT2D eigenvalue weighted by Crippen LogP contribution is 2.32. The highest BCUT2D eigenvalue weighted by Gasteiger charge is 2.31. The molecule has 0 aliphatic carbocycles. The standard InChI is InChI=1S/C19H26BrF3N2O4/c1-18(2,3)29-17(26)24-13-5-4-8-25(12-13)9-10-27-16-11-14(6-7-15(16)20)28-19(21,22)23/h6-7,11,13H,4-5,8-10,12H2,1-3H3,(H,24,26)/t13-/m0/s1. The summed E-state index contributed by atoms with van der Waals surface area (Å²) in [6.07, 6.45) is -3.42. The first-order valence-corrected chi connectivity index (χ1v) is 10.1. The number of ether oxygens (including phenoxy) is 3. The normalized spacial score (nSPS) is 18.2. The summed E-state index contributed by atoms with van der Waals surface area (Å²) in [4.78, 5) is 14.1. The Morgan fingerprint density at radius 1 is 1.31 bits per heavy atom. The first-order chi connectivity index (χ1) is 13.4. The highest BCUT2D eigenvalue weighted by atomic mass is 79.9. The Kier molecular flexibility index (Phi) is 8.04. The summed E-state index contributed by atoms with van der Waals surface area (Å²) < 4.78 is 52.5. The number of piperidine rings is 1. The van der Waals surface area contributed by atoms with Gasteiger partial charge in [0.2, 0.25) is 0 Å². The lowest BCUT2D eigenvalue weighted by atomic mass is 10.1. The molecule has 1 fully saturated rings. The van der Waals surface area contributed by atoms with Gasteiger partial charge in [-0.05, 0) is 68.2 Å². The SMILES string of the molecule is CC(C)(C)OC(=O)N[C@H]1CCCN(CCOc2cc(OC(F)(F)F)ccc2Br)C1. The topological polar surface area (TPSA) is 60.0 Å². The lowest BCUT2D eigenvalue weighted by molar-refractivity contribution is -0.274. The van der Waals surface area contributed by atoms with Gasteiger partial charge in [-0.2, -0.15) is 0 Å². The van der Waals surface area contributed by atoms with E-state index in [1.165, 1.54) is 18.2 Å². The number of alkyl carbamates (subject to hydrolysis) is 1. The number of carbonyl (C=O) groups excluding carboxylic acids is 1. The maximum atomic E-state index is 12.4. The van der Waals surface area contributed by atoms with Crippen LogP contribution >= 0.6 is 15.9 Å². The van der Waals surface area contributed by atoms with Crippen molar-refractivity contribution < 1.29 is 32.2 Å². The number of rotatable bonds is 6. The van der Waals surface area contributed by atoms with Crippen LogP contribution in [-0.4, -0.2) is 55.2 Å². The van der Waals surface area contributed by atoms with E-state index >= 15 is 0 Å². The fourth-order valence-corrected chi connectivity index (χ4v) is 3.29. The van der Waals surface area contributed by atoms with Gasteiger partial charge in [-0.15, -0.1) is 13.2 Å². The van der Waals surface area contributed by atoms with Crippen molar-refractivity contribution in [2.45, 2.75) is 51.6 Å². The van der Waals surface area contributed by atoms with Gasteiger partial charge in [0, 0.05) is 25.2 Å². The van der Waals surface area contributed by atoms with Crippen molar-refractivity contribution in [3.8, 4) is 11.5 Å². The van der Waals surface area contributed by atoms with Crippen molar-refractivity contribution in [2.24, 2.45) is 0 Å². The molecule has 0 aromatic heterocycles. The fourth-order valence-electron chi connectivity index (χ4n) is 2.93. The predicted molar refractivity (Wildman–Crippen MR) is 105 cm³/mol. The number of likely N-dealkylation sites (tertiary alicyclic amines) is 1. The van der Waals surface area contributed by atoms with Crippen LogP contribution in [0.25, 0.3) is 0 Å². The van der Waals surface area contributed by atoms with E-state index < -0.39 is 18.1 Å². The fraction of sp³-hybridized carbons (Fsp3) is 0.632. The Morgan fingerprint density at radius 2 is 2.03 bits per heavy atom. The van der Waals surface area contributed by atoms with Crippen molar-refractivity contribution >= 4 is 22.0 Å². The first kappa shape index (κ1) is 23.6. The van der Waals surface area contributed by atoms with E-state index in [9.17, 15) is 18.0 Å². The summed E-state index contributed by atoms with van der Waals surface area (Å²) in [5, 5.41) is 2.88. The molecular formula is C19H26BrF3N2O4. The van der Waals surface area contributed by atoms with Gasteiger partial charge in [0.05, 0.1) is 4.47 Å². The van der Waals surface area contributed by atoms with Crippen LogP contribution in [0, 0.1) is 0 Å². The van der Waals surface area contributed by atoms with Gasteiger partial charge >= 0.3 is 12.5 Å². The average molecular weight is 483 g/mol. The van der Waals surface area contributed by atoms with Crippen LogP contribution in [0.3, 0.4) is 0 Å². The number of carbonyl (C=O) groups is 1. The molecule has 0 unspecified atom stereocenters. The molecule has 1 saturated heterocycles. The quantitative estimate of drug-likeness (QED) is 0.635. The summed E-state index contributed by atoms with van der Waals surface area (Å²) in [5.41, 5.74) is -0.552. The second-order valence-corrected chi connectivity index (χ2v) is 8.63. The molecule has 0 saturated carbocycles. The van der Waals surface area contributed by atoms with E-state index in [2.05, 4.69) is 30.9 Å². The Bertz CT molecular complexity index is 695. The van der Waals surface area contributed by atoms with Crippen molar-refractivity contribution in [3.05, 3.63) is 22.7 Å². The summed E-state index contributed by atoms with van der Waals surface area (Å²) in [6, 6.07) is 3.83. The number of hydrogen-bond donors (Lipinski definition) is 1. The van der Waals surface area contributed by atoms with Crippen LogP contribution in [0.5, 0.6) is 11.5 Å². The minimum atomic E-state index is -4.75. The zero-order valence-electron chi connectivity index (χ0n) is 16.6. The van der Waals surface area contributed by atoms with Crippen LogP contribution in [0.2, 0.25) is 0 Å². The van der Waals surface area contributed by atoms with Gasteiger partial charge in [0.1, 0.15) is 23.7 Å². The average Bonchev–Trinajstić information content (AvgIpc) is 2.55. The molecule has 10 heteroatoms. The van der Waals surface area contributed by atoms with Gasteiger partial charge in [-0.25, -0.2) is 4.79 Å². The molecule has 0 radical (unpaired) electrons. The van der Waals surface area contributed by atoms with E-state index in [4.69, 9.17) is 9.47 Å². The molecule has 29 heavy (non-hydrogen) atoms. The second kappa shape index (κ2) is 9.88. The Labute approximate surface area is 176 Å². The smallest absolute Gasteiger partial charge is 0.491 e. The molecule has 2 rings (SSSR count). The molecule has 1 aliphatic heterocycles. The lowest BCUT2D eigenvalue weighted by Crippen LogP contribution is -2.49. The predicted octanol–water partition coefficient (Wildman–Crippen LogP) is 4.72. The van der Waals surface area contributed by atoms with Crippen molar-refractivity contribution in [1.82, 2.24) is 10.2 Å². The number of halogens is 4. The third kappa shape index (κ3) is 9.12. The Hall–Kier alpha value is -1.68. The number of benzene rings is 1. The van der Waals surface area contributed by atoms with E-state index in [0.717, 1.165) is 19.4 Å². The lowest BCUT2D eigenvalue weighted by Gasteiger charge is -2.33. The minimum absolute atomic E-state index is 0.0196. The number of nitrogens with one attached hydrogen (secondary N) is 1. The van der Waals surface area contributed by atoms with Crippen LogP contribution < -0.4 is 14.8 Å². The first-order valence-electron chi connectivity index (χ1n) is 9.31. The monoisotopic (exact) mass is 482 g/mol. The van der Waals surface area contributed by atoms with Crippen LogP contribution in [0.4, 0.5) is 18.0 Å². The van der Waals surface area contributed by atoms with Crippen LogP contribution in [0.15, 0.2) is 22.7 Å². The van der Waals surface area contributed by atoms with Gasteiger partial charge in [-0.3, -0.25) is 4.90 Å². The molecule has 1 aliphatic rings. The molecule has 6 nitrogen and oxygen atoms in total. The van der Waals surface area contributed by atoms with Crippen molar-refractivity contribution in [1.29, 1.82) is 0 Å². The largest absolute Gasteiger partial charge is 0.573 e. The Balaban J connectivity index is 1.81. The van der Waals surface area contributed by atoms with E-state index in [0.29, 0.717) is 17.6 Å². The molecule has 164 valence electrons. The molecule has 0 spiro atoms. The summed E-state index contributed by atoms with van der Waals surface area (Å²) in [5.74, 6) is -0.0671. The summed E-state index contributed by atoms with van der Waals surface area (Å²) in [6.45, 7) is 7.80. The van der Waals surface area contributed by atoms with E-state index in [-0.39, 0.29) is 24.1 Å². The number of hydrogen-bond acceptors (Lipinski definition) is 5. The molecule has 1 atom stereocenters. The third-order valence-electron chi connectivity index (χ3n) is 4.03. The molecule has 0 bridgehead atoms. The molecule has 1 N–H and O–H groups in total.